The van der Waals surface area contributed by atoms with Crippen LogP contribution in [0.25, 0.3) is 11.4 Å². The van der Waals surface area contributed by atoms with Gasteiger partial charge in [-0.3, -0.25) is 4.79 Å². The van der Waals surface area contributed by atoms with Crippen molar-refractivity contribution in [1.82, 2.24) is 15.3 Å². The van der Waals surface area contributed by atoms with E-state index in [-0.39, 0.29) is 5.91 Å². The van der Waals surface area contributed by atoms with E-state index in [1.807, 2.05) is 30.3 Å². The van der Waals surface area contributed by atoms with Gasteiger partial charge in [-0.2, -0.15) is 0 Å². The van der Waals surface area contributed by atoms with Crippen molar-refractivity contribution in [1.29, 1.82) is 0 Å². The maximum atomic E-state index is 12.4. The van der Waals surface area contributed by atoms with Crippen LogP contribution in [0.15, 0.2) is 60.9 Å². The zero-order valence-corrected chi connectivity index (χ0v) is 15.3. The number of hydrogen-bond acceptors (Lipinski definition) is 5. The zero-order valence-electron chi connectivity index (χ0n) is 15.3. The van der Waals surface area contributed by atoms with E-state index in [1.165, 1.54) is 0 Å². The van der Waals surface area contributed by atoms with Gasteiger partial charge in [0.1, 0.15) is 11.5 Å². The minimum absolute atomic E-state index is 0.186. The van der Waals surface area contributed by atoms with Gasteiger partial charge in [0.25, 0.3) is 5.91 Å². The third-order valence-electron chi connectivity index (χ3n) is 4.05. The Labute approximate surface area is 158 Å². The molecule has 0 saturated heterocycles. The molecule has 0 saturated carbocycles. The van der Waals surface area contributed by atoms with Gasteiger partial charge in [0.2, 0.25) is 0 Å². The van der Waals surface area contributed by atoms with Gasteiger partial charge in [-0.05, 0) is 24.1 Å². The average molecular weight is 363 g/mol. The first-order valence-electron chi connectivity index (χ1n) is 8.57. The number of amides is 1. The fourth-order valence-corrected chi connectivity index (χ4v) is 2.58. The lowest BCUT2D eigenvalue weighted by Crippen LogP contribution is -2.25. The Morgan fingerprint density at radius 2 is 1.59 bits per heavy atom. The van der Waals surface area contributed by atoms with E-state index in [0.29, 0.717) is 35.9 Å². The lowest BCUT2D eigenvalue weighted by atomic mass is 10.1. The highest BCUT2D eigenvalue weighted by atomic mass is 16.5. The van der Waals surface area contributed by atoms with Crippen LogP contribution in [0.1, 0.15) is 15.9 Å². The predicted molar refractivity (Wildman–Crippen MR) is 103 cm³/mol. The molecular weight excluding hydrogens is 342 g/mol. The minimum atomic E-state index is -0.186. The summed E-state index contributed by atoms with van der Waals surface area (Å²) in [4.78, 5) is 21.1. The maximum Gasteiger partial charge on any atom is 0.251 e. The molecular formula is C21H21N3O3. The first-order chi connectivity index (χ1) is 13.2. The second kappa shape index (κ2) is 8.80. The van der Waals surface area contributed by atoms with Gasteiger partial charge in [0.05, 0.1) is 14.2 Å². The first-order valence-corrected chi connectivity index (χ1v) is 8.57. The number of ether oxygens (including phenoxy) is 2. The number of hydrogen-bond donors (Lipinski definition) is 1. The van der Waals surface area contributed by atoms with E-state index in [4.69, 9.17) is 9.47 Å². The lowest BCUT2D eigenvalue weighted by Gasteiger charge is -2.09. The van der Waals surface area contributed by atoms with Gasteiger partial charge in [0, 0.05) is 36.1 Å². The molecule has 6 heteroatoms. The Bertz CT molecular complexity index is 874. The average Bonchev–Trinajstić information content (AvgIpc) is 2.74. The van der Waals surface area contributed by atoms with Crippen LogP contribution in [0.3, 0.4) is 0 Å². The van der Waals surface area contributed by atoms with Gasteiger partial charge in [0.15, 0.2) is 5.82 Å². The Balaban J connectivity index is 1.57. The highest BCUT2D eigenvalue weighted by molar-refractivity contribution is 5.95. The Morgan fingerprint density at radius 1 is 0.963 bits per heavy atom. The SMILES string of the molecule is COc1cc(OC)cc(C(=O)NCCc2cnc(-c3ccccc3)nc2)c1. The molecule has 1 amide bonds. The molecule has 3 aromatic rings. The van der Waals surface area contributed by atoms with Crippen molar-refractivity contribution in [2.24, 2.45) is 0 Å². The van der Waals surface area contributed by atoms with Crippen LogP contribution in [0.4, 0.5) is 0 Å². The van der Waals surface area contributed by atoms with Crippen LogP contribution in [-0.2, 0) is 6.42 Å². The molecule has 138 valence electrons. The highest BCUT2D eigenvalue weighted by Crippen LogP contribution is 2.22. The summed E-state index contributed by atoms with van der Waals surface area (Å²) in [6.07, 6.45) is 4.22. The number of carbonyl (C=O) groups is 1. The summed E-state index contributed by atoms with van der Waals surface area (Å²) in [5.41, 5.74) is 2.42. The van der Waals surface area contributed by atoms with Crippen molar-refractivity contribution in [2.45, 2.75) is 6.42 Å². The van der Waals surface area contributed by atoms with E-state index in [2.05, 4.69) is 15.3 Å². The van der Waals surface area contributed by atoms with Crippen LogP contribution in [0.2, 0.25) is 0 Å². The lowest BCUT2D eigenvalue weighted by molar-refractivity contribution is 0.0953. The summed E-state index contributed by atoms with van der Waals surface area (Å²) in [6.45, 7) is 0.479. The van der Waals surface area contributed by atoms with Crippen LogP contribution in [-0.4, -0.2) is 36.6 Å². The number of nitrogens with one attached hydrogen (secondary N) is 1. The molecule has 1 heterocycles. The molecule has 0 aliphatic rings. The van der Waals surface area contributed by atoms with Crippen molar-refractivity contribution < 1.29 is 14.3 Å². The molecule has 6 nitrogen and oxygen atoms in total. The summed E-state index contributed by atoms with van der Waals surface area (Å²) in [6, 6.07) is 14.9. The molecule has 0 spiro atoms. The molecule has 0 radical (unpaired) electrons. The summed E-state index contributed by atoms with van der Waals surface area (Å²) in [7, 11) is 3.10. The Kier molecular flexibility index (Phi) is 5.99. The molecule has 1 aromatic heterocycles. The number of rotatable bonds is 7. The molecule has 0 fully saturated rings. The van der Waals surface area contributed by atoms with Crippen LogP contribution < -0.4 is 14.8 Å². The molecule has 0 unspecified atom stereocenters. The summed E-state index contributed by atoms with van der Waals surface area (Å²) < 4.78 is 10.4. The normalized spacial score (nSPS) is 10.3. The van der Waals surface area contributed by atoms with E-state index in [0.717, 1.165) is 11.1 Å². The van der Waals surface area contributed by atoms with Crippen molar-refractivity contribution in [3.63, 3.8) is 0 Å². The fourth-order valence-electron chi connectivity index (χ4n) is 2.58. The second-order valence-electron chi connectivity index (χ2n) is 5.89. The molecule has 2 aromatic carbocycles. The molecule has 0 aliphatic carbocycles. The minimum Gasteiger partial charge on any atom is -0.497 e. The second-order valence-corrected chi connectivity index (χ2v) is 5.89. The Hall–Kier alpha value is -3.41. The summed E-state index contributed by atoms with van der Waals surface area (Å²) >= 11 is 0. The van der Waals surface area contributed by atoms with Crippen molar-refractivity contribution in [2.75, 3.05) is 20.8 Å². The number of carbonyl (C=O) groups excluding carboxylic acids is 1. The van der Waals surface area contributed by atoms with Gasteiger partial charge >= 0.3 is 0 Å². The van der Waals surface area contributed by atoms with E-state index >= 15 is 0 Å². The van der Waals surface area contributed by atoms with Crippen molar-refractivity contribution in [3.8, 4) is 22.9 Å². The van der Waals surface area contributed by atoms with Gasteiger partial charge in [-0.15, -0.1) is 0 Å². The Morgan fingerprint density at radius 3 is 2.19 bits per heavy atom. The summed E-state index contributed by atoms with van der Waals surface area (Å²) in [5.74, 6) is 1.65. The topological polar surface area (TPSA) is 73.3 Å². The predicted octanol–water partition coefficient (Wildman–Crippen LogP) is 3.13. The first kappa shape index (κ1) is 18.4. The van der Waals surface area contributed by atoms with Crippen molar-refractivity contribution >= 4 is 5.91 Å². The highest BCUT2D eigenvalue weighted by Gasteiger charge is 2.09. The third-order valence-corrected chi connectivity index (χ3v) is 4.05. The van der Waals surface area contributed by atoms with E-state index < -0.39 is 0 Å². The monoisotopic (exact) mass is 363 g/mol. The third kappa shape index (κ3) is 4.82. The van der Waals surface area contributed by atoms with Crippen LogP contribution in [0.5, 0.6) is 11.5 Å². The largest absolute Gasteiger partial charge is 0.497 e. The van der Waals surface area contributed by atoms with Gasteiger partial charge in [-0.25, -0.2) is 9.97 Å². The van der Waals surface area contributed by atoms with Crippen LogP contribution >= 0.6 is 0 Å². The van der Waals surface area contributed by atoms with E-state index in [1.54, 1.807) is 44.8 Å². The maximum absolute atomic E-state index is 12.4. The number of methoxy groups -OCH3 is 2. The molecule has 0 atom stereocenters. The standard InChI is InChI=1S/C21H21N3O3/c1-26-18-10-17(11-19(12-18)27-2)21(25)22-9-8-15-13-23-20(24-14-15)16-6-4-3-5-7-16/h3-7,10-14H,8-9H2,1-2H3,(H,22,25). The quantitative estimate of drug-likeness (QED) is 0.698. The number of nitrogens with zero attached hydrogens (tertiary/aromatic N) is 2. The van der Waals surface area contributed by atoms with Gasteiger partial charge in [-0.1, -0.05) is 30.3 Å². The molecule has 3 rings (SSSR count). The fraction of sp³-hybridized carbons (Fsp3) is 0.190. The summed E-state index contributed by atoms with van der Waals surface area (Å²) in [5, 5.41) is 2.89. The smallest absolute Gasteiger partial charge is 0.251 e. The molecule has 0 bridgehead atoms. The zero-order chi connectivity index (χ0) is 19.1. The van der Waals surface area contributed by atoms with Gasteiger partial charge < -0.3 is 14.8 Å². The van der Waals surface area contributed by atoms with Crippen molar-refractivity contribution in [3.05, 3.63) is 72.1 Å². The molecule has 1 N–H and O–H groups in total. The van der Waals surface area contributed by atoms with E-state index in [9.17, 15) is 4.79 Å². The number of benzene rings is 2. The van der Waals surface area contributed by atoms with Crippen LogP contribution in [0, 0.1) is 0 Å². The molecule has 27 heavy (non-hydrogen) atoms. The number of aromatic nitrogens is 2. The molecule has 0 aliphatic heterocycles.